The molecule has 0 aliphatic heterocycles. The molecule has 1 aromatic carbocycles. The number of benzene rings is 1. The highest BCUT2D eigenvalue weighted by molar-refractivity contribution is 14.1. The molecule has 0 aromatic heterocycles. The first kappa shape index (κ1) is 16.3. The Morgan fingerprint density at radius 1 is 1.37 bits per heavy atom. The molecule has 0 unspecified atom stereocenters. The van der Waals surface area contributed by atoms with Crippen molar-refractivity contribution < 1.29 is 14.6 Å². The Morgan fingerprint density at radius 3 is 2.68 bits per heavy atom. The quantitative estimate of drug-likeness (QED) is 0.321. The number of carbonyl (C=O) groups excluding carboxylic acids is 1. The molecule has 0 heterocycles. The van der Waals surface area contributed by atoms with Gasteiger partial charge < -0.3 is 9.84 Å². The predicted molar refractivity (Wildman–Crippen MR) is 85.7 cm³/mol. The highest BCUT2D eigenvalue weighted by Gasteiger charge is 2.15. The maximum absolute atomic E-state index is 11.4. The number of alkyl halides is 1. The second-order valence-electron chi connectivity index (χ2n) is 4.49. The average molecular weight is 376 g/mol. The number of carbonyl (C=O) groups is 1. The molecule has 0 saturated heterocycles. The van der Waals surface area contributed by atoms with Crippen molar-refractivity contribution >= 4 is 28.4 Å². The van der Waals surface area contributed by atoms with E-state index in [1.54, 1.807) is 12.1 Å². The van der Waals surface area contributed by atoms with Crippen LogP contribution in [0.2, 0.25) is 0 Å². The van der Waals surface area contributed by atoms with Gasteiger partial charge in [0.05, 0.1) is 12.2 Å². The Hall–Kier alpha value is -0.780. The van der Waals surface area contributed by atoms with E-state index in [0.717, 1.165) is 29.3 Å². The fourth-order valence-electron chi connectivity index (χ4n) is 1.91. The van der Waals surface area contributed by atoms with Crippen LogP contribution in [0.15, 0.2) is 12.1 Å². The molecule has 0 radical (unpaired) electrons. The van der Waals surface area contributed by atoms with Crippen LogP contribution in [0.3, 0.4) is 0 Å². The number of unbranched alkanes of at least 4 members (excludes halogenated alkanes) is 1. The fourth-order valence-corrected chi connectivity index (χ4v) is 2.45. The number of hydrogen-bond donors (Lipinski definition) is 1. The van der Waals surface area contributed by atoms with E-state index in [2.05, 4.69) is 22.6 Å². The lowest BCUT2D eigenvalue weighted by molar-refractivity contribution is 0.101. The Bertz CT molecular complexity index is 430. The number of ketones is 1. The summed E-state index contributed by atoms with van der Waals surface area (Å²) >= 11 is 2.35. The van der Waals surface area contributed by atoms with Crippen molar-refractivity contribution in [2.75, 3.05) is 11.0 Å². The Morgan fingerprint density at radius 2 is 2.11 bits per heavy atom. The maximum atomic E-state index is 11.4. The number of hydrogen-bond acceptors (Lipinski definition) is 3. The first-order valence-corrected chi connectivity index (χ1v) is 8.18. The van der Waals surface area contributed by atoms with E-state index in [1.165, 1.54) is 6.92 Å². The minimum atomic E-state index is -0.119. The van der Waals surface area contributed by atoms with Gasteiger partial charge >= 0.3 is 0 Å². The number of halogens is 1. The molecule has 0 aliphatic rings. The lowest BCUT2D eigenvalue weighted by Crippen LogP contribution is -2.03. The summed E-state index contributed by atoms with van der Waals surface area (Å²) in [6.45, 7) is 4.16. The van der Waals surface area contributed by atoms with E-state index in [1.807, 2.05) is 6.92 Å². The number of ether oxygens (including phenoxy) is 1. The fraction of sp³-hybridized carbons (Fsp3) is 0.533. The van der Waals surface area contributed by atoms with E-state index in [0.29, 0.717) is 24.3 Å². The summed E-state index contributed by atoms with van der Waals surface area (Å²) in [5.74, 6) is 0.671. The van der Waals surface area contributed by atoms with E-state index >= 15 is 0 Å². The molecule has 19 heavy (non-hydrogen) atoms. The number of Topliss-reactive ketones (excluding diaryl/α,β-unsaturated/α-hetero) is 1. The molecule has 0 aliphatic carbocycles. The van der Waals surface area contributed by atoms with Gasteiger partial charge in [-0.05, 0) is 42.7 Å². The third kappa shape index (κ3) is 4.67. The van der Waals surface area contributed by atoms with Crippen LogP contribution in [0.4, 0.5) is 0 Å². The summed E-state index contributed by atoms with van der Waals surface area (Å²) in [6.07, 6.45) is 3.75. The van der Waals surface area contributed by atoms with Gasteiger partial charge in [-0.2, -0.15) is 0 Å². The van der Waals surface area contributed by atoms with Crippen LogP contribution >= 0.6 is 22.6 Å². The molecule has 0 fully saturated rings. The SMILES string of the molecule is CCCc1c(OCCCCI)ccc(C(C)=O)c1O. The summed E-state index contributed by atoms with van der Waals surface area (Å²) in [6, 6.07) is 3.44. The van der Waals surface area contributed by atoms with Gasteiger partial charge in [-0.3, -0.25) is 4.79 Å². The van der Waals surface area contributed by atoms with E-state index in [4.69, 9.17) is 4.74 Å². The highest BCUT2D eigenvalue weighted by Crippen LogP contribution is 2.33. The topological polar surface area (TPSA) is 46.5 Å². The molecule has 4 heteroatoms. The molecule has 0 amide bonds. The van der Waals surface area contributed by atoms with Crippen molar-refractivity contribution in [3.05, 3.63) is 23.3 Å². The van der Waals surface area contributed by atoms with E-state index < -0.39 is 0 Å². The summed E-state index contributed by atoms with van der Waals surface area (Å²) < 4.78 is 6.86. The third-order valence-electron chi connectivity index (χ3n) is 2.90. The zero-order chi connectivity index (χ0) is 14.3. The van der Waals surface area contributed by atoms with Gasteiger partial charge in [-0.25, -0.2) is 0 Å². The van der Waals surface area contributed by atoms with Gasteiger partial charge in [-0.1, -0.05) is 35.9 Å². The van der Waals surface area contributed by atoms with Crippen molar-refractivity contribution in [1.29, 1.82) is 0 Å². The normalized spacial score (nSPS) is 10.5. The Balaban J connectivity index is 2.90. The van der Waals surface area contributed by atoms with Gasteiger partial charge in [0.2, 0.25) is 0 Å². The summed E-state index contributed by atoms with van der Waals surface area (Å²) in [7, 11) is 0. The van der Waals surface area contributed by atoms with Crippen LogP contribution in [0, 0.1) is 0 Å². The van der Waals surface area contributed by atoms with Crippen LogP contribution in [-0.4, -0.2) is 21.9 Å². The molecule has 0 bridgehead atoms. The molecule has 1 rings (SSSR count). The second-order valence-corrected chi connectivity index (χ2v) is 5.57. The predicted octanol–water partition coefficient (Wildman–Crippen LogP) is 4.14. The molecular formula is C15H21IO3. The largest absolute Gasteiger partial charge is 0.507 e. The summed E-state index contributed by atoms with van der Waals surface area (Å²) in [5.41, 5.74) is 1.13. The molecular weight excluding hydrogens is 355 g/mol. The minimum Gasteiger partial charge on any atom is -0.507 e. The van der Waals surface area contributed by atoms with E-state index in [-0.39, 0.29) is 11.5 Å². The van der Waals surface area contributed by atoms with Gasteiger partial charge in [0, 0.05) is 5.56 Å². The molecule has 3 nitrogen and oxygen atoms in total. The number of phenolic OH excluding ortho intramolecular Hbond substituents is 1. The summed E-state index contributed by atoms with van der Waals surface area (Å²) in [5, 5.41) is 10.2. The van der Waals surface area contributed by atoms with Gasteiger partial charge in [0.1, 0.15) is 11.5 Å². The van der Waals surface area contributed by atoms with Crippen molar-refractivity contribution in [3.63, 3.8) is 0 Å². The van der Waals surface area contributed by atoms with Crippen molar-refractivity contribution in [1.82, 2.24) is 0 Å². The zero-order valence-electron chi connectivity index (χ0n) is 11.5. The standard InChI is InChI=1S/C15H21IO3/c1-3-6-13-14(19-10-5-4-9-16)8-7-12(11(2)17)15(13)18/h7-8,18H,3-6,9-10H2,1-2H3. The number of rotatable bonds is 8. The first-order chi connectivity index (χ1) is 9.11. The van der Waals surface area contributed by atoms with Gasteiger partial charge in [0.15, 0.2) is 5.78 Å². The molecule has 106 valence electrons. The highest BCUT2D eigenvalue weighted by atomic mass is 127. The maximum Gasteiger partial charge on any atom is 0.163 e. The molecule has 1 N–H and O–H groups in total. The molecule has 0 spiro atoms. The smallest absolute Gasteiger partial charge is 0.163 e. The third-order valence-corrected chi connectivity index (χ3v) is 3.67. The van der Waals surface area contributed by atoms with Crippen LogP contribution in [-0.2, 0) is 6.42 Å². The zero-order valence-corrected chi connectivity index (χ0v) is 13.7. The van der Waals surface area contributed by atoms with Crippen molar-refractivity contribution in [3.8, 4) is 11.5 Å². The van der Waals surface area contributed by atoms with Crippen LogP contribution < -0.4 is 4.74 Å². The second kappa shape index (κ2) is 8.40. The molecule has 0 atom stereocenters. The van der Waals surface area contributed by atoms with Crippen molar-refractivity contribution in [2.45, 2.75) is 39.5 Å². The average Bonchev–Trinajstić information content (AvgIpc) is 2.38. The minimum absolute atomic E-state index is 0.0840. The Labute approximate surface area is 128 Å². The van der Waals surface area contributed by atoms with Crippen LogP contribution in [0.25, 0.3) is 0 Å². The number of phenols is 1. The van der Waals surface area contributed by atoms with Gasteiger partial charge in [-0.15, -0.1) is 0 Å². The van der Waals surface area contributed by atoms with Crippen molar-refractivity contribution in [2.24, 2.45) is 0 Å². The molecule has 0 saturated carbocycles. The van der Waals surface area contributed by atoms with Crippen LogP contribution in [0.5, 0.6) is 11.5 Å². The van der Waals surface area contributed by atoms with Crippen LogP contribution in [0.1, 0.15) is 49.0 Å². The summed E-state index contributed by atoms with van der Waals surface area (Å²) in [4.78, 5) is 11.4. The lowest BCUT2D eigenvalue weighted by Gasteiger charge is -2.14. The van der Waals surface area contributed by atoms with E-state index in [9.17, 15) is 9.90 Å². The van der Waals surface area contributed by atoms with Gasteiger partial charge in [0.25, 0.3) is 0 Å². The Kier molecular flexibility index (Phi) is 7.20. The molecule has 1 aromatic rings. The number of aromatic hydroxyl groups is 1. The first-order valence-electron chi connectivity index (χ1n) is 6.66. The lowest BCUT2D eigenvalue weighted by atomic mass is 10.0. The monoisotopic (exact) mass is 376 g/mol.